The van der Waals surface area contributed by atoms with Gasteiger partial charge in [0, 0.05) is 32.1 Å². The van der Waals surface area contributed by atoms with Crippen LogP contribution >= 0.6 is 11.6 Å². The smallest absolute Gasteiger partial charge is 0.410 e. The number of hydrogen-bond donors (Lipinski definition) is 0. The lowest BCUT2D eigenvalue weighted by Gasteiger charge is -2.25. The van der Waals surface area contributed by atoms with Gasteiger partial charge in [0.2, 0.25) is 0 Å². The fourth-order valence-electron chi connectivity index (χ4n) is 4.25. The molecule has 0 N–H and O–H groups in total. The number of hydrogen-bond acceptors (Lipinski definition) is 4. The zero-order valence-corrected chi connectivity index (χ0v) is 17.8. The van der Waals surface area contributed by atoms with Gasteiger partial charge in [0.05, 0.1) is 11.6 Å². The molecule has 7 heteroatoms. The summed E-state index contributed by atoms with van der Waals surface area (Å²) in [6.45, 7) is 3.37. The Hall–Kier alpha value is -2.31. The van der Waals surface area contributed by atoms with Crippen molar-refractivity contribution in [1.29, 1.82) is 0 Å². The van der Waals surface area contributed by atoms with Crippen LogP contribution in [0.15, 0.2) is 42.5 Å². The van der Waals surface area contributed by atoms with Crippen LogP contribution in [-0.2, 0) is 17.9 Å². The zero-order valence-electron chi connectivity index (χ0n) is 17.1. The highest BCUT2D eigenvalue weighted by Gasteiger charge is 2.44. The first-order valence-corrected chi connectivity index (χ1v) is 10.6. The first-order valence-electron chi connectivity index (χ1n) is 10.3. The molecule has 160 valence electrons. The highest BCUT2D eigenvalue weighted by molar-refractivity contribution is 6.31. The maximum atomic E-state index is 13.9. The van der Waals surface area contributed by atoms with Crippen LogP contribution in [0.1, 0.15) is 30.4 Å². The van der Waals surface area contributed by atoms with Gasteiger partial charge in [-0.3, -0.25) is 4.90 Å². The second kappa shape index (κ2) is 8.82. The van der Waals surface area contributed by atoms with Crippen LogP contribution in [0, 0.1) is 5.82 Å². The van der Waals surface area contributed by atoms with E-state index in [-0.39, 0.29) is 24.1 Å². The summed E-state index contributed by atoms with van der Waals surface area (Å²) in [5, 5.41) is 0.364. The molecule has 1 amide bonds. The molecule has 2 fully saturated rings. The molecule has 2 aromatic carbocycles. The van der Waals surface area contributed by atoms with Gasteiger partial charge in [-0.05, 0) is 49.2 Å². The SMILES string of the molecule is CN1CC2(CCCN(Cc3cccc(OCc4c(F)cccc4Cl)c3)CC2)OC1=O. The molecule has 5 nitrogen and oxygen atoms in total. The lowest BCUT2D eigenvalue weighted by Crippen LogP contribution is -2.35. The highest BCUT2D eigenvalue weighted by Crippen LogP contribution is 2.33. The van der Waals surface area contributed by atoms with E-state index in [1.165, 1.54) is 6.07 Å². The summed E-state index contributed by atoms with van der Waals surface area (Å²) >= 11 is 6.08. The Balaban J connectivity index is 1.36. The van der Waals surface area contributed by atoms with Crippen molar-refractivity contribution < 1.29 is 18.7 Å². The molecule has 2 aliphatic rings. The first kappa shape index (κ1) is 20.9. The zero-order chi connectivity index (χ0) is 21.1. The Labute approximate surface area is 181 Å². The quantitative estimate of drug-likeness (QED) is 0.676. The van der Waals surface area contributed by atoms with Gasteiger partial charge in [-0.25, -0.2) is 9.18 Å². The summed E-state index contributed by atoms with van der Waals surface area (Å²) in [6, 6.07) is 12.5. The minimum atomic E-state index is -0.365. The second-order valence-electron chi connectivity index (χ2n) is 8.17. The molecule has 1 spiro atoms. The van der Waals surface area contributed by atoms with Crippen molar-refractivity contribution in [2.75, 3.05) is 26.7 Å². The predicted octanol–water partition coefficient (Wildman–Crippen LogP) is 4.86. The molecule has 2 aromatic rings. The molecule has 30 heavy (non-hydrogen) atoms. The van der Waals surface area contributed by atoms with Gasteiger partial charge in [-0.15, -0.1) is 0 Å². The molecule has 1 unspecified atom stereocenters. The Morgan fingerprint density at radius 2 is 2.03 bits per heavy atom. The van der Waals surface area contributed by atoms with Crippen molar-refractivity contribution in [3.63, 3.8) is 0 Å². The third-order valence-corrected chi connectivity index (χ3v) is 6.23. The van der Waals surface area contributed by atoms with Crippen molar-refractivity contribution in [1.82, 2.24) is 9.80 Å². The van der Waals surface area contributed by atoms with E-state index < -0.39 is 0 Å². The van der Waals surface area contributed by atoms with E-state index in [0.29, 0.717) is 22.9 Å². The molecule has 0 aromatic heterocycles. The molecule has 0 aliphatic carbocycles. The molecular formula is C23H26ClFN2O3. The number of likely N-dealkylation sites (tertiary alicyclic amines) is 1. The molecule has 2 heterocycles. The number of rotatable bonds is 5. The van der Waals surface area contributed by atoms with Crippen molar-refractivity contribution in [2.45, 2.75) is 38.0 Å². The fraction of sp³-hybridized carbons (Fsp3) is 0.435. The molecule has 0 radical (unpaired) electrons. The summed E-state index contributed by atoms with van der Waals surface area (Å²) < 4.78 is 25.4. The second-order valence-corrected chi connectivity index (χ2v) is 8.58. The third kappa shape index (κ3) is 4.71. The molecule has 0 bridgehead atoms. The third-order valence-electron chi connectivity index (χ3n) is 5.88. The molecule has 1 atom stereocenters. The van der Waals surface area contributed by atoms with Gasteiger partial charge in [-0.2, -0.15) is 0 Å². The summed E-state index contributed by atoms with van der Waals surface area (Å²) in [5.41, 5.74) is 1.15. The van der Waals surface area contributed by atoms with Crippen LogP contribution in [0.25, 0.3) is 0 Å². The molecule has 2 saturated heterocycles. The maximum Gasteiger partial charge on any atom is 0.410 e. The Kier molecular flexibility index (Phi) is 6.16. The Morgan fingerprint density at radius 3 is 2.80 bits per heavy atom. The highest BCUT2D eigenvalue weighted by atomic mass is 35.5. The normalized spacial score (nSPS) is 22.2. The molecular weight excluding hydrogens is 407 g/mol. The minimum Gasteiger partial charge on any atom is -0.489 e. The van der Waals surface area contributed by atoms with E-state index in [0.717, 1.165) is 44.5 Å². The molecule has 2 aliphatic heterocycles. The number of carbonyl (C=O) groups is 1. The van der Waals surface area contributed by atoms with Crippen LogP contribution in [0.3, 0.4) is 0 Å². The van der Waals surface area contributed by atoms with Gasteiger partial charge in [-0.1, -0.05) is 29.8 Å². The topological polar surface area (TPSA) is 42.0 Å². The standard InChI is InChI=1S/C23H26ClFN2O3/c1-26-16-23(30-22(26)28)9-4-11-27(12-10-23)14-17-5-2-6-18(13-17)29-15-19-20(24)7-3-8-21(19)25/h2-3,5-8,13H,4,9-12,14-16H2,1H3. The summed E-state index contributed by atoms with van der Waals surface area (Å²) in [4.78, 5) is 15.9. The van der Waals surface area contributed by atoms with E-state index in [2.05, 4.69) is 11.0 Å². The number of likely N-dealkylation sites (N-methyl/N-ethyl adjacent to an activating group) is 1. The van der Waals surface area contributed by atoms with Crippen LogP contribution in [0.4, 0.5) is 9.18 Å². The van der Waals surface area contributed by atoms with Crippen LogP contribution in [-0.4, -0.2) is 48.2 Å². The average molecular weight is 433 g/mol. The summed E-state index contributed by atoms with van der Waals surface area (Å²) in [7, 11) is 1.79. The van der Waals surface area contributed by atoms with Gasteiger partial charge >= 0.3 is 6.09 Å². The van der Waals surface area contributed by atoms with E-state index in [9.17, 15) is 9.18 Å². The molecule has 4 rings (SSSR count). The number of amides is 1. The van der Waals surface area contributed by atoms with Crippen molar-refractivity contribution in [3.05, 3.63) is 64.4 Å². The van der Waals surface area contributed by atoms with E-state index in [1.54, 1.807) is 24.1 Å². The van der Waals surface area contributed by atoms with E-state index in [4.69, 9.17) is 21.1 Å². The number of benzene rings is 2. The van der Waals surface area contributed by atoms with Crippen LogP contribution in [0.2, 0.25) is 5.02 Å². The van der Waals surface area contributed by atoms with Crippen LogP contribution < -0.4 is 4.74 Å². The fourth-order valence-corrected chi connectivity index (χ4v) is 4.47. The number of halogens is 2. The van der Waals surface area contributed by atoms with Crippen molar-refractivity contribution in [3.8, 4) is 5.75 Å². The average Bonchev–Trinajstić information content (AvgIpc) is 2.86. The lowest BCUT2D eigenvalue weighted by atomic mass is 9.95. The van der Waals surface area contributed by atoms with Gasteiger partial charge in [0.25, 0.3) is 0 Å². The van der Waals surface area contributed by atoms with E-state index >= 15 is 0 Å². The first-order chi connectivity index (χ1) is 14.4. The Morgan fingerprint density at radius 1 is 1.20 bits per heavy atom. The monoisotopic (exact) mass is 432 g/mol. The Bertz CT molecular complexity index is 905. The lowest BCUT2D eigenvalue weighted by molar-refractivity contribution is 0.0443. The van der Waals surface area contributed by atoms with Crippen molar-refractivity contribution in [2.24, 2.45) is 0 Å². The summed E-state index contributed by atoms with van der Waals surface area (Å²) in [5.74, 6) is 0.319. The molecule has 0 saturated carbocycles. The number of carbonyl (C=O) groups excluding carboxylic acids is 1. The van der Waals surface area contributed by atoms with Gasteiger partial charge in [0.1, 0.15) is 23.8 Å². The minimum absolute atomic E-state index is 0.0834. The van der Waals surface area contributed by atoms with Gasteiger partial charge < -0.3 is 14.4 Å². The number of nitrogens with zero attached hydrogens (tertiary/aromatic N) is 2. The van der Waals surface area contributed by atoms with E-state index in [1.807, 2.05) is 18.2 Å². The van der Waals surface area contributed by atoms with Crippen LogP contribution in [0.5, 0.6) is 5.75 Å². The maximum absolute atomic E-state index is 13.9. The number of ether oxygens (including phenoxy) is 2. The largest absolute Gasteiger partial charge is 0.489 e. The van der Waals surface area contributed by atoms with Gasteiger partial charge in [0.15, 0.2) is 0 Å². The summed E-state index contributed by atoms with van der Waals surface area (Å²) in [6.07, 6.45) is 2.50. The predicted molar refractivity (Wildman–Crippen MR) is 113 cm³/mol. The van der Waals surface area contributed by atoms with Crippen molar-refractivity contribution >= 4 is 17.7 Å².